The van der Waals surface area contributed by atoms with Crippen LogP contribution >= 0.6 is 0 Å². The number of aromatic nitrogens is 1. The maximum Gasteiger partial charge on any atom is 0.329 e. The summed E-state index contributed by atoms with van der Waals surface area (Å²) < 4.78 is 4.72. The molecule has 2 N–H and O–H groups in total. The highest BCUT2D eigenvalue weighted by atomic mass is 16.5. The highest BCUT2D eigenvalue weighted by Gasteiger charge is 2.51. The lowest BCUT2D eigenvalue weighted by molar-refractivity contribution is -0.140. The van der Waals surface area contributed by atoms with Crippen LogP contribution in [0.1, 0.15) is 29.0 Å². The Morgan fingerprint density at radius 3 is 2.67 bits per heavy atom. The number of carbonyl (C=O) groups excluding carboxylic acids is 1. The van der Waals surface area contributed by atoms with E-state index in [0.29, 0.717) is 18.6 Å². The van der Waals surface area contributed by atoms with Crippen LogP contribution in [0.3, 0.4) is 0 Å². The molecular weight excluding hydrogens is 200 g/mol. The topological polar surface area (TPSA) is 92.4 Å². The monoisotopic (exact) mass is 210 g/mol. The van der Waals surface area contributed by atoms with Gasteiger partial charge in [-0.1, -0.05) is 5.16 Å². The van der Waals surface area contributed by atoms with Gasteiger partial charge in [0.1, 0.15) is 16.9 Å². The van der Waals surface area contributed by atoms with E-state index in [1.807, 2.05) is 0 Å². The van der Waals surface area contributed by atoms with Crippen molar-refractivity contribution in [2.45, 2.75) is 25.3 Å². The van der Waals surface area contributed by atoms with Crippen LogP contribution < -0.4 is 5.32 Å². The molecule has 0 atom stereocenters. The predicted molar refractivity (Wildman–Crippen MR) is 48.3 cm³/mol. The fraction of sp³-hybridized carbons (Fsp3) is 0.444. The van der Waals surface area contributed by atoms with E-state index in [1.165, 1.54) is 6.20 Å². The van der Waals surface area contributed by atoms with Gasteiger partial charge in [0.2, 0.25) is 0 Å². The fourth-order valence-corrected chi connectivity index (χ4v) is 1.32. The highest BCUT2D eigenvalue weighted by Crippen LogP contribution is 2.35. The standard InChI is InChI=1S/C9H10N2O4/c1-5-6(4-10-15-5)7(12)11-9(2-3-9)8(13)14/h4H,2-3H2,1H3,(H,11,12)(H,13,14). The Morgan fingerprint density at radius 1 is 1.60 bits per heavy atom. The van der Waals surface area contributed by atoms with Crippen molar-refractivity contribution in [3.8, 4) is 0 Å². The average molecular weight is 210 g/mol. The van der Waals surface area contributed by atoms with E-state index in [-0.39, 0.29) is 5.56 Å². The van der Waals surface area contributed by atoms with E-state index in [4.69, 9.17) is 9.63 Å². The Morgan fingerprint density at radius 2 is 2.27 bits per heavy atom. The van der Waals surface area contributed by atoms with Crippen molar-refractivity contribution in [3.05, 3.63) is 17.5 Å². The van der Waals surface area contributed by atoms with Crippen LogP contribution in [0.15, 0.2) is 10.7 Å². The molecule has 0 unspecified atom stereocenters. The van der Waals surface area contributed by atoms with Crippen LogP contribution in [0.4, 0.5) is 0 Å². The van der Waals surface area contributed by atoms with Crippen LogP contribution in [-0.4, -0.2) is 27.7 Å². The number of nitrogens with one attached hydrogen (secondary N) is 1. The Kier molecular flexibility index (Phi) is 1.99. The van der Waals surface area contributed by atoms with Gasteiger partial charge in [-0.25, -0.2) is 4.79 Å². The molecule has 15 heavy (non-hydrogen) atoms. The van der Waals surface area contributed by atoms with Crippen LogP contribution in [0.5, 0.6) is 0 Å². The van der Waals surface area contributed by atoms with Gasteiger partial charge in [0.05, 0.1) is 6.20 Å². The molecule has 0 bridgehead atoms. The number of nitrogens with zero attached hydrogens (tertiary/aromatic N) is 1. The number of carboxylic acids is 1. The molecule has 0 saturated heterocycles. The summed E-state index contributed by atoms with van der Waals surface area (Å²) in [5.74, 6) is -1.06. The lowest BCUT2D eigenvalue weighted by Crippen LogP contribution is -2.43. The van der Waals surface area contributed by atoms with E-state index in [0.717, 1.165) is 0 Å². The van der Waals surface area contributed by atoms with Crippen LogP contribution in [0.25, 0.3) is 0 Å². The molecule has 0 spiro atoms. The third-order valence-corrected chi connectivity index (χ3v) is 2.51. The van der Waals surface area contributed by atoms with Crippen molar-refractivity contribution in [2.24, 2.45) is 0 Å². The minimum atomic E-state index is -1.07. The summed E-state index contributed by atoms with van der Waals surface area (Å²) in [6.45, 7) is 1.60. The van der Waals surface area contributed by atoms with Gasteiger partial charge >= 0.3 is 5.97 Å². The molecule has 1 fully saturated rings. The molecule has 1 saturated carbocycles. The minimum Gasteiger partial charge on any atom is -0.480 e. The van der Waals surface area contributed by atoms with Gasteiger partial charge < -0.3 is 14.9 Å². The summed E-state index contributed by atoms with van der Waals surface area (Å²) in [6.07, 6.45) is 2.22. The summed E-state index contributed by atoms with van der Waals surface area (Å²) in [7, 11) is 0. The summed E-state index contributed by atoms with van der Waals surface area (Å²) >= 11 is 0. The second-order valence-electron chi connectivity index (χ2n) is 3.64. The number of carbonyl (C=O) groups is 2. The van der Waals surface area contributed by atoms with Crippen molar-refractivity contribution < 1.29 is 19.2 Å². The lowest BCUT2D eigenvalue weighted by Gasteiger charge is -2.11. The number of rotatable bonds is 3. The van der Waals surface area contributed by atoms with Gasteiger partial charge in [-0.3, -0.25) is 4.79 Å². The largest absolute Gasteiger partial charge is 0.480 e. The van der Waals surface area contributed by atoms with Crippen molar-refractivity contribution in [1.82, 2.24) is 10.5 Å². The Balaban J connectivity index is 2.11. The smallest absolute Gasteiger partial charge is 0.329 e. The second-order valence-corrected chi connectivity index (χ2v) is 3.64. The Labute approximate surface area is 85.2 Å². The van der Waals surface area contributed by atoms with Gasteiger partial charge in [0.15, 0.2) is 0 Å². The zero-order valence-corrected chi connectivity index (χ0v) is 8.11. The maximum atomic E-state index is 11.6. The van der Waals surface area contributed by atoms with Gasteiger partial charge in [-0.2, -0.15) is 0 Å². The van der Waals surface area contributed by atoms with Gasteiger partial charge in [-0.15, -0.1) is 0 Å². The molecule has 0 aliphatic heterocycles. The van der Waals surface area contributed by atoms with Crippen molar-refractivity contribution in [3.63, 3.8) is 0 Å². The number of hydrogen-bond donors (Lipinski definition) is 2. The third kappa shape index (κ3) is 1.58. The van der Waals surface area contributed by atoms with Crippen molar-refractivity contribution in [2.75, 3.05) is 0 Å². The third-order valence-electron chi connectivity index (χ3n) is 2.51. The predicted octanol–water partition coefficient (Wildman–Crippen LogP) is 0.330. The van der Waals surface area contributed by atoms with E-state index in [1.54, 1.807) is 6.92 Å². The number of aryl methyl sites for hydroxylation is 1. The quantitative estimate of drug-likeness (QED) is 0.749. The van der Waals surface area contributed by atoms with E-state index in [9.17, 15) is 9.59 Å². The Hall–Kier alpha value is -1.85. The zero-order valence-electron chi connectivity index (χ0n) is 8.11. The van der Waals surface area contributed by atoms with Gasteiger partial charge in [-0.05, 0) is 19.8 Å². The molecule has 1 aromatic rings. The molecule has 80 valence electrons. The number of hydrogen-bond acceptors (Lipinski definition) is 4. The van der Waals surface area contributed by atoms with Crippen LogP contribution in [0, 0.1) is 6.92 Å². The van der Waals surface area contributed by atoms with Gasteiger partial charge in [0, 0.05) is 0 Å². The number of carboxylic acid groups (broad SMARTS) is 1. The first-order chi connectivity index (χ1) is 7.05. The first-order valence-corrected chi connectivity index (χ1v) is 4.52. The first-order valence-electron chi connectivity index (χ1n) is 4.52. The Bertz CT molecular complexity index is 420. The summed E-state index contributed by atoms with van der Waals surface area (Å²) in [6, 6.07) is 0. The minimum absolute atomic E-state index is 0.280. The molecule has 6 nitrogen and oxygen atoms in total. The summed E-state index contributed by atoms with van der Waals surface area (Å²) in [4.78, 5) is 22.4. The molecule has 1 aliphatic rings. The summed E-state index contributed by atoms with van der Waals surface area (Å²) in [5, 5.41) is 14.8. The van der Waals surface area contributed by atoms with Crippen LogP contribution in [-0.2, 0) is 4.79 Å². The molecule has 6 heteroatoms. The maximum absolute atomic E-state index is 11.6. The number of amides is 1. The first kappa shape index (κ1) is 9.70. The molecule has 1 amide bonds. The molecule has 1 aliphatic carbocycles. The van der Waals surface area contributed by atoms with Gasteiger partial charge in [0.25, 0.3) is 5.91 Å². The molecular formula is C9H10N2O4. The molecule has 0 radical (unpaired) electrons. The number of aliphatic carboxylic acids is 1. The van der Waals surface area contributed by atoms with Crippen molar-refractivity contribution >= 4 is 11.9 Å². The zero-order chi connectivity index (χ0) is 11.1. The van der Waals surface area contributed by atoms with E-state index < -0.39 is 17.4 Å². The van der Waals surface area contributed by atoms with Crippen LogP contribution in [0.2, 0.25) is 0 Å². The summed E-state index contributed by atoms with van der Waals surface area (Å²) in [5.41, 5.74) is -0.789. The van der Waals surface area contributed by atoms with E-state index in [2.05, 4.69) is 10.5 Å². The molecule has 1 heterocycles. The molecule has 1 aromatic heterocycles. The fourth-order valence-electron chi connectivity index (χ4n) is 1.32. The lowest BCUT2D eigenvalue weighted by atomic mass is 10.2. The SMILES string of the molecule is Cc1oncc1C(=O)NC1(C(=O)O)CC1. The normalized spacial score (nSPS) is 17.1. The van der Waals surface area contributed by atoms with Crippen molar-refractivity contribution in [1.29, 1.82) is 0 Å². The molecule has 0 aromatic carbocycles. The molecule has 2 rings (SSSR count). The second kappa shape index (κ2) is 3.08. The average Bonchev–Trinajstić information content (AvgIpc) is 2.82. The van der Waals surface area contributed by atoms with E-state index >= 15 is 0 Å². The highest BCUT2D eigenvalue weighted by molar-refractivity contribution is 5.99.